The van der Waals surface area contributed by atoms with E-state index in [0.29, 0.717) is 42.3 Å². The Labute approximate surface area is 186 Å². The third-order valence-corrected chi connectivity index (χ3v) is 5.40. The molecule has 4 rings (SSSR count). The van der Waals surface area contributed by atoms with E-state index in [1.54, 1.807) is 53.7 Å². The van der Waals surface area contributed by atoms with Crippen molar-refractivity contribution in [3.63, 3.8) is 0 Å². The van der Waals surface area contributed by atoms with Crippen molar-refractivity contribution in [3.05, 3.63) is 84.4 Å². The van der Waals surface area contributed by atoms with Gasteiger partial charge < -0.3 is 15.0 Å². The van der Waals surface area contributed by atoms with Gasteiger partial charge in [-0.2, -0.15) is 0 Å². The SMILES string of the molecule is O=C(Nc1ccccc1Oc1cccnc1)C1CCCN(C(=O)Cc2cccc(F)c2)C1. The van der Waals surface area contributed by atoms with Crippen molar-refractivity contribution in [2.24, 2.45) is 5.92 Å². The van der Waals surface area contributed by atoms with Crippen LogP contribution in [0.5, 0.6) is 11.5 Å². The van der Waals surface area contributed by atoms with E-state index in [4.69, 9.17) is 4.74 Å². The quantitative estimate of drug-likeness (QED) is 0.624. The van der Waals surface area contributed by atoms with Gasteiger partial charge in [0, 0.05) is 19.3 Å². The number of piperidine rings is 1. The van der Waals surface area contributed by atoms with E-state index in [2.05, 4.69) is 10.3 Å². The summed E-state index contributed by atoms with van der Waals surface area (Å²) in [6.07, 6.45) is 4.81. The Hall–Kier alpha value is -3.74. The number of carbonyl (C=O) groups excluding carboxylic acids is 2. The third kappa shape index (κ3) is 5.49. The van der Waals surface area contributed by atoms with E-state index >= 15 is 0 Å². The molecular weight excluding hydrogens is 409 g/mol. The van der Waals surface area contributed by atoms with Crippen molar-refractivity contribution >= 4 is 17.5 Å². The lowest BCUT2D eigenvalue weighted by atomic mass is 9.96. The first-order chi connectivity index (χ1) is 15.6. The van der Waals surface area contributed by atoms with Gasteiger partial charge in [0.2, 0.25) is 11.8 Å². The van der Waals surface area contributed by atoms with Crippen LogP contribution in [0.4, 0.5) is 10.1 Å². The zero-order valence-electron chi connectivity index (χ0n) is 17.5. The Bertz CT molecular complexity index is 1090. The van der Waals surface area contributed by atoms with Crippen molar-refractivity contribution < 1.29 is 18.7 Å². The molecule has 1 N–H and O–H groups in total. The van der Waals surface area contributed by atoms with Gasteiger partial charge in [-0.3, -0.25) is 14.6 Å². The Kier molecular flexibility index (Phi) is 6.75. The molecule has 2 heterocycles. The van der Waals surface area contributed by atoms with Crippen molar-refractivity contribution in [1.29, 1.82) is 0 Å². The van der Waals surface area contributed by atoms with Crippen LogP contribution in [0.3, 0.4) is 0 Å². The minimum Gasteiger partial charge on any atom is -0.454 e. The first kappa shape index (κ1) is 21.5. The molecule has 1 unspecified atom stereocenters. The van der Waals surface area contributed by atoms with E-state index in [1.165, 1.54) is 12.1 Å². The van der Waals surface area contributed by atoms with Gasteiger partial charge in [0.05, 0.1) is 24.2 Å². The summed E-state index contributed by atoms with van der Waals surface area (Å²) >= 11 is 0. The van der Waals surface area contributed by atoms with Crippen LogP contribution < -0.4 is 10.1 Å². The predicted octanol–water partition coefficient (Wildman–Crippen LogP) is 4.43. The lowest BCUT2D eigenvalue weighted by molar-refractivity contribution is -0.133. The Morgan fingerprint density at radius 2 is 2.00 bits per heavy atom. The molecular formula is C25H24FN3O3. The third-order valence-electron chi connectivity index (χ3n) is 5.40. The van der Waals surface area contributed by atoms with Crippen LogP contribution in [-0.2, 0) is 16.0 Å². The van der Waals surface area contributed by atoms with Crippen LogP contribution >= 0.6 is 0 Å². The van der Waals surface area contributed by atoms with Crippen LogP contribution in [-0.4, -0.2) is 34.8 Å². The van der Waals surface area contributed by atoms with Gasteiger partial charge in [-0.05, 0) is 54.8 Å². The van der Waals surface area contributed by atoms with Gasteiger partial charge in [-0.25, -0.2) is 4.39 Å². The van der Waals surface area contributed by atoms with E-state index in [-0.39, 0.29) is 30.0 Å². The number of benzene rings is 2. The maximum atomic E-state index is 13.4. The van der Waals surface area contributed by atoms with Crippen molar-refractivity contribution in [2.75, 3.05) is 18.4 Å². The highest BCUT2D eigenvalue weighted by Crippen LogP contribution is 2.30. The lowest BCUT2D eigenvalue weighted by Gasteiger charge is -2.32. The summed E-state index contributed by atoms with van der Waals surface area (Å²) in [7, 11) is 0. The fourth-order valence-electron chi connectivity index (χ4n) is 3.78. The summed E-state index contributed by atoms with van der Waals surface area (Å²) in [6.45, 7) is 0.935. The molecule has 0 aliphatic carbocycles. The van der Waals surface area contributed by atoms with E-state index in [1.807, 2.05) is 12.1 Å². The van der Waals surface area contributed by atoms with Crippen LogP contribution in [0.15, 0.2) is 73.1 Å². The van der Waals surface area contributed by atoms with Gasteiger partial charge in [-0.15, -0.1) is 0 Å². The number of rotatable bonds is 6. The van der Waals surface area contributed by atoms with Gasteiger partial charge in [0.25, 0.3) is 0 Å². The molecule has 1 aliphatic rings. The molecule has 1 aliphatic heterocycles. The molecule has 32 heavy (non-hydrogen) atoms. The smallest absolute Gasteiger partial charge is 0.229 e. The average molecular weight is 433 g/mol. The van der Waals surface area contributed by atoms with Gasteiger partial charge in [-0.1, -0.05) is 24.3 Å². The Morgan fingerprint density at radius 3 is 2.81 bits per heavy atom. The number of ether oxygens (including phenoxy) is 1. The molecule has 3 aromatic rings. The highest BCUT2D eigenvalue weighted by molar-refractivity contribution is 5.94. The van der Waals surface area contributed by atoms with Crippen molar-refractivity contribution in [2.45, 2.75) is 19.3 Å². The monoisotopic (exact) mass is 433 g/mol. The molecule has 1 saturated heterocycles. The Balaban J connectivity index is 1.39. The van der Waals surface area contributed by atoms with Crippen LogP contribution in [0.25, 0.3) is 0 Å². The number of amides is 2. The number of carbonyl (C=O) groups is 2. The number of para-hydroxylation sites is 2. The fraction of sp³-hybridized carbons (Fsp3) is 0.240. The summed E-state index contributed by atoms with van der Waals surface area (Å²) in [5.41, 5.74) is 1.19. The zero-order valence-corrected chi connectivity index (χ0v) is 17.5. The highest BCUT2D eigenvalue weighted by atomic mass is 19.1. The van der Waals surface area contributed by atoms with Crippen molar-refractivity contribution in [1.82, 2.24) is 9.88 Å². The highest BCUT2D eigenvalue weighted by Gasteiger charge is 2.29. The minimum atomic E-state index is -0.363. The molecule has 2 amide bonds. The molecule has 0 saturated carbocycles. The molecule has 0 radical (unpaired) electrons. The number of nitrogens with one attached hydrogen (secondary N) is 1. The van der Waals surface area contributed by atoms with Crippen LogP contribution in [0, 0.1) is 11.7 Å². The number of halogens is 1. The molecule has 6 nitrogen and oxygen atoms in total. The summed E-state index contributed by atoms with van der Waals surface area (Å²) in [5.74, 6) is 0.138. The molecule has 1 fully saturated rings. The maximum absolute atomic E-state index is 13.4. The average Bonchev–Trinajstić information content (AvgIpc) is 2.81. The van der Waals surface area contributed by atoms with E-state index in [0.717, 1.165) is 6.42 Å². The van der Waals surface area contributed by atoms with E-state index in [9.17, 15) is 14.0 Å². The van der Waals surface area contributed by atoms with Gasteiger partial charge in [0.15, 0.2) is 5.75 Å². The second-order valence-corrected chi connectivity index (χ2v) is 7.76. The van der Waals surface area contributed by atoms with Gasteiger partial charge in [0.1, 0.15) is 11.6 Å². The number of hydrogen-bond acceptors (Lipinski definition) is 4. The first-order valence-electron chi connectivity index (χ1n) is 10.6. The van der Waals surface area contributed by atoms with Crippen molar-refractivity contribution in [3.8, 4) is 11.5 Å². The number of nitrogens with zero attached hydrogens (tertiary/aromatic N) is 2. The van der Waals surface area contributed by atoms with Crippen LogP contribution in [0.2, 0.25) is 0 Å². The summed E-state index contributed by atoms with van der Waals surface area (Å²) in [5, 5.41) is 2.95. The number of aromatic nitrogens is 1. The van der Waals surface area contributed by atoms with E-state index < -0.39 is 0 Å². The Morgan fingerprint density at radius 1 is 1.12 bits per heavy atom. The predicted molar refractivity (Wildman–Crippen MR) is 119 cm³/mol. The maximum Gasteiger partial charge on any atom is 0.229 e. The molecule has 0 spiro atoms. The number of likely N-dealkylation sites (tertiary alicyclic amines) is 1. The number of anilines is 1. The first-order valence-corrected chi connectivity index (χ1v) is 10.6. The lowest BCUT2D eigenvalue weighted by Crippen LogP contribution is -2.44. The molecule has 1 aromatic heterocycles. The largest absolute Gasteiger partial charge is 0.454 e. The fourth-order valence-corrected chi connectivity index (χ4v) is 3.78. The second-order valence-electron chi connectivity index (χ2n) is 7.76. The van der Waals surface area contributed by atoms with Crippen LogP contribution in [0.1, 0.15) is 18.4 Å². The number of hydrogen-bond donors (Lipinski definition) is 1. The molecule has 1 atom stereocenters. The summed E-state index contributed by atoms with van der Waals surface area (Å²) < 4.78 is 19.3. The standard InChI is InChI=1S/C25H24FN3O3/c26-20-8-3-6-18(14-20)15-24(30)29-13-5-7-19(17-29)25(31)28-22-10-1-2-11-23(22)32-21-9-4-12-27-16-21/h1-4,6,8-12,14,16,19H,5,7,13,15,17H2,(H,28,31). The molecule has 164 valence electrons. The van der Waals surface area contributed by atoms with Gasteiger partial charge >= 0.3 is 0 Å². The number of pyridine rings is 1. The zero-order chi connectivity index (χ0) is 22.3. The molecule has 0 bridgehead atoms. The summed E-state index contributed by atoms with van der Waals surface area (Å²) in [6, 6.07) is 16.8. The molecule has 7 heteroatoms. The summed E-state index contributed by atoms with van der Waals surface area (Å²) in [4.78, 5) is 31.4. The topological polar surface area (TPSA) is 71.5 Å². The minimum absolute atomic E-state index is 0.103. The second kappa shape index (κ2) is 10.0. The molecule has 2 aromatic carbocycles. The normalized spacial score (nSPS) is 15.8.